The molecule has 5 nitrogen and oxygen atoms in total. The van der Waals surface area contributed by atoms with Gasteiger partial charge in [-0.3, -0.25) is 9.69 Å². The molecule has 1 saturated heterocycles. The van der Waals surface area contributed by atoms with Gasteiger partial charge in [-0.05, 0) is 35.6 Å². The fourth-order valence-corrected chi connectivity index (χ4v) is 4.01. The number of benzene rings is 1. The lowest BCUT2D eigenvalue weighted by Crippen LogP contribution is -2.31. The highest BCUT2D eigenvalue weighted by Crippen LogP contribution is 2.31. The Morgan fingerprint density at radius 3 is 2.72 bits per heavy atom. The maximum absolute atomic E-state index is 12.6. The summed E-state index contributed by atoms with van der Waals surface area (Å²) in [5.41, 5.74) is 1.03. The first-order valence-electron chi connectivity index (χ1n) is 7.96. The minimum atomic E-state index is -0.0889. The van der Waals surface area contributed by atoms with Crippen molar-refractivity contribution in [1.29, 1.82) is 0 Å². The summed E-state index contributed by atoms with van der Waals surface area (Å²) in [5, 5.41) is 11.0. The zero-order valence-electron chi connectivity index (χ0n) is 14.1. The zero-order valence-corrected chi connectivity index (χ0v) is 15.7. The lowest BCUT2D eigenvalue weighted by molar-refractivity contribution is -0.126. The molecule has 3 rings (SSSR count). The summed E-state index contributed by atoms with van der Waals surface area (Å²) in [7, 11) is 1.64. The van der Waals surface area contributed by atoms with Gasteiger partial charge in [-0.2, -0.15) is 5.10 Å². The van der Waals surface area contributed by atoms with E-state index in [1.165, 1.54) is 11.8 Å². The maximum Gasteiger partial charge on any atom is 0.242 e. The molecule has 1 amide bonds. The van der Waals surface area contributed by atoms with E-state index in [9.17, 15) is 4.79 Å². The van der Waals surface area contributed by atoms with Gasteiger partial charge in [-0.25, -0.2) is 0 Å². The third-order valence-electron chi connectivity index (χ3n) is 3.76. The molecule has 25 heavy (non-hydrogen) atoms. The van der Waals surface area contributed by atoms with Crippen LogP contribution in [0.2, 0.25) is 0 Å². The molecule has 130 valence electrons. The van der Waals surface area contributed by atoms with E-state index in [2.05, 4.69) is 10.2 Å². The van der Waals surface area contributed by atoms with E-state index in [1.54, 1.807) is 29.6 Å². The summed E-state index contributed by atoms with van der Waals surface area (Å²) in [6, 6.07) is 11.7. The summed E-state index contributed by atoms with van der Waals surface area (Å²) in [4.78, 5) is 15.4. The fraction of sp³-hybridized carbons (Fsp3) is 0.278. The van der Waals surface area contributed by atoms with Gasteiger partial charge in [0.15, 0.2) is 5.17 Å². The van der Waals surface area contributed by atoms with Crippen LogP contribution in [0.5, 0.6) is 5.75 Å². The van der Waals surface area contributed by atoms with Gasteiger partial charge in [0.1, 0.15) is 5.75 Å². The van der Waals surface area contributed by atoms with Crippen LogP contribution in [0, 0.1) is 0 Å². The monoisotopic (exact) mass is 373 g/mol. The molecule has 0 N–H and O–H groups in total. The number of ether oxygens (including phenoxy) is 1. The van der Waals surface area contributed by atoms with Crippen LogP contribution in [-0.2, 0) is 11.3 Å². The van der Waals surface area contributed by atoms with Gasteiger partial charge in [0.2, 0.25) is 5.91 Å². The van der Waals surface area contributed by atoms with Crippen molar-refractivity contribution in [1.82, 2.24) is 4.90 Å². The highest BCUT2D eigenvalue weighted by atomic mass is 32.2. The molecule has 2 heterocycles. The number of rotatable bonds is 6. The first kappa shape index (κ1) is 17.7. The van der Waals surface area contributed by atoms with E-state index < -0.39 is 0 Å². The van der Waals surface area contributed by atoms with E-state index in [4.69, 9.17) is 4.74 Å². The van der Waals surface area contributed by atoms with Crippen LogP contribution in [0.25, 0.3) is 0 Å². The van der Waals surface area contributed by atoms with Gasteiger partial charge in [-0.1, -0.05) is 36.9 Å². The van der Waals surface area contributed by atoms with Gasteiger partial charge in [0, 0.05) is 4.88 Å². The molecule has 1 aromatic carbocycles. The van der Waals surface area contributed by atoms with Crippen molar-refractivity contribution < 1.29 is 9.53 Å². The summed E-state index contributed by atoms with van der Waals surface area (Å²) in [6.45, 7) is 2.50. The Bertz CT molecular complexity index is 770. The molecule has 0 bridgehead atoms. The highest BCUT2D eigenvalue weighted by Gasteiger charge is 2.36. The molecule has 0 radical (unpaired) electrons. The van der Waals surface area contributed by atoms with Crippen LogP contribution >= 0.6 is 23.1 Å². The molecule has 2 aromatic rings. The van der Waals surface area contributed by atoms with E-state index >= 15 is 0 Å². The number of thiophene rings is 1. The van der Waals surface area contributed by atoms with Gasteiger partial charge < -0.3 is 4.74 Å². The molecule has 1 atom stereocenters. The van der Waals surface area contributed by atoms with Crippen molar-refractivity contribution in [2.24, 2.45) is 10.2 Å². The number of nitrogens with zero attached hydrogens (tertiary/aromatic N) is 3. The predicted molar refractivity (Wildman–Crippen MR) is 105 cm³/mol. The van der Waals surface area contributed by atoms with E-state index in [-0.39, 0.29) is 11.2 Å². The van der Waals surface area contributed by atoms with Crippen molar-refractivity contribution in [3.63, 3.8) is 0 Å². The minimum Gasteiger partial charge on any atom is -0.497 e. The number of hydrogen-bond acceptors (Lipinski definition) is 6. The first-order chi connectivity index (χ1) is 12.2. The largest absolute Gasteiger partial charge is 0.497 e. The number of thioether (sulfide) groups is 1. The van der Waals surface area contributed by atoms with Crippen LogP contribution < -0.4 is 4.74 Å². The van der Waals surface area contributed by atoms with Gasteiger partial charge in [-0.15, -0.1) is 16.4 Å². The Hall–Kier alpha value is -2.12. The number of carbonyl (C=O) groups is 1. The lowest BCUT2D eigenvalue weighted by Gasteiger charge is -2.16. The van der Waals surface area contributed by atoms with Gasteiger partial charge in [0.25, 0.3) is 0 Å². The molecule has 0 aliphatic carbocycles. The molecular weight excluding hydrogens is 354 g/mol. The number of amides is 1. The molecule has 1 aliphatic rings. The standard InChI is InChI=1S/C18H19N3O2S2/c1-3-16-17(22)21(12-13-6-8-14(23-2)9-7-13)18(25-16)20-19-11-15-5-4-10-24-15/h4-11,16H,3,12H2,1-2H3/b19-11-,20-18+/t16-/m0/s1. The summed E-state index contributed by atoms with van der Waals surface area (Å²) in [6.07, 6.45) is 2.49. The second-order valence-corrected chi connectivity index (χ2v) is 7.58. The predicted octanol–water partition coefficient (Wildman–Crippen LogP) is 4.00. The van der Waals surface area contributed by atoms with E-state index in [1.807, 2.05) is 48.7 Å². The smallest absolute Gasteiger partial charge is 0.242 e. The molecular formula is C18H19N3O2S2. The second kappa shape index (κ2) is 8.31. The molecule has 1 aromatic heterocycles. The number of hydrogen-bond donors (Lipinski definition) is 0. The van der Waals surface area contributed by atoms with Crippen LogP contribution in [0.15, 0.2) is 52.0 Å². The van der Waals surface area contributed by atoms with Crippen molar-refractivity contribution >= 4 is 40.4 Å². The van der Waals surface area contributed by atoms with Gasteiger partial charge >= 0.3 is 0 Å². The Kier molecular flexibility index (Phi) is 5.88. The van der Waals surface area contributed by atoms with Crippen molar-refractivity contribution in [2.45, 2.75) is 25.1 Å². The molecule has 7 heteroatoms. The average molecular weight is 374 g/mol. The van der Waals surface area contributed by atoms with E-state index in [0.717, 1.165) is 22.6 Å². The number of amidine groups is 1. The number of carbonyl (C=O) groups excluding carboxylic acids is 1. The average Bonchev–Trinajstić information content (AvgIpc) is 3.25. The molecule has 0 saturated carbocycles. The third-order valence-corrected chi connectivity index (χ3v) is 5.90. The quantitative estimate of drug-likeness (QED) is 0.568. The molecule has 1 aliphatic heterocycles. The van der Waals surface area contributed by atoms with Crippen molar-refractivity contribution in [3.8, 4) is 5.75 Å². The second-order valence-electron chi connectivity index (χ2n) is 5.43. The van der Waals surface area contributed by atoms with Crippen LogP contribution in [0.3, 0.4) is 0 Å². The number of methoxy groups -OCH3 is 1. The maximum atomic E-state index is 12.6. The Morgan fingerprint density at radius 1 is 1.28 bits per heavy atom. The lowest BCUT2D eigenvalue weighted by atomic mass is 10.2. The third kappa shape index (κ3) is 4.29. The Labute approximate surface area is 155 Å². The minimum absolute atomic E-state index is 0.0889. The molecule has 0 unspecified atom stereocenters. The Balaban J connectivity index is 1.78. The zero-order chi connectivity index (χ0) is 17.6. The topological polar surface area (TPSA) is 54.3 Å². The summed E-state index contributed by atoms with van der Waals surface area (Å²) < 4.78 is 5.18. The Morgan fingerprint density at radius 2 is 2.08 bits per heavy atom. The van der Waals surface area contributed by atoms with Crippen LogP contribution in [-0.4, -0.2) is 34.5 Å². The first-order valence-corrected chi connectivity index (χ1v) is 9.72. The van der Waals surface area contributed by atoms with Crippen molar-refractivity contribution in [2.75, 3.05) is 7.11 Å². The van der Waals surface area contributed by atoms with Gasteiger partial charge in [0.05, 0.1) is 25.1 Å². The molecule has 0 spiro atoms. The van der Waals surface area contributed by atoms with E-state index in [0.29, 0.717) is 11.7 Å². The van der Waals surface area contributed by atoms with Crippen molar-refractivity contribution in [3.05, 3.63) is 52.2 Å². The summed E-state index contributed by atoms with van der Waals surface area (Å²) >= 11 is 3.08. The normalized spacial score (nSPS) is 19.3. The summed E-state index contributed by atoms with van der Waals surface area (Å²) in [5.74, 6) is 0.889. The van der Waals surface area contributed by atoms with Crippen LogP contribution in [0.4, 0.5) is 0 Å². The SMILES string of the molecule is CC[C@@H]1S/C(=N/N=C\c2cccs2)N(Cc2ccc(OC)cc2)C1=O. The fourth-order valence-electron chi connectivity index (χ4n) is 2.40. The van der Waals surface area contributed by atoms with Crippen LogP contribution in [0.1, 0.15) is 23.8 Å². The molecule has 1 fully saturated rings. The highest BCUT2D eigenvalue weighted by molar-refractivity contribution is 8.15.